The van der Waals surface area contributed by atoms with E-state index in [4.69, 9.17) is 0 Å². The minimum Gasteiger partial charge on any atom is -0.316 e. The normalized spacial score (nSPS) is 26.5. The molecule has 1 aliphatic rings. The van der Waals surface area contributed by atoms with Crippen molar-refractivity contribution >= 4 is 17.1 Å². The first-order valence-electron chi connectivity index (χ1n) is 5.42. The molecule has 0 spiro atoms. The Labute approximate surface area is 94.7 Å². The maximum atomic E-state index is 12.3. The molecule has 0 radical (unpaired) electrons. The van der Waals surface area contributed by atoms with E-state index in [0.717, 1.165) is 31.5 Å². The monoisotopic (exact) mass is 223 g/mol. The van der Waals surface area contributed by atoms with E-state index in [-0.39, 0.29) is 5.41 Å². The molecule has 0 bridgehead atoms. The molecule has 1 atom stereocenters. The number of hydrogen-bond donors (Lipinski definition) is 1. The summed E-state index contributed by atoms with van der Waals surface area (Å²) >= 11 is 1.65. The highest BCUT2D eigenvalue weighted by atomic mass is 32.1. The number of rotatable bonds is 2. The second kappa shape index (κ2) is 4.06. The molecular formula is C12H17NOS. The lowest BCUT2D eigenvalue weighted by molar-refractivity contribution is 0.0773. The van der Waals surface area contributed by atoms with Crippen LogP contribution < -0.4 is 5.32 Å². The molecule has 2 heterocycles. The Morgan fingerprint density at radius 1 is 1.60 bits per heavy atom. The molecule has 0 aliphatic carbocycles. The Morgan fingerprint density at radius 2 is 2.40 bits per heavy atom. The average molecular weight is 223 g/mol. The molecule has 1 unspecified atom stereocenters. The number of ketones is 1. The third kappa shape index (κ3) is 2.13. The molecule has 2 rings (SSSR count). The number of hydrogen-bond acceptors (Lipinski definition) is 3. The first kappa shape index (κ1) is 10.8. The van der Waals surface area contributed by atoms with Crippen molar-refractivity contribution in [3.8, 4) is 0 Å². The zero-order valence-electron chi connectivity index (χ0n) is 9.30. The van der Waals surface area contributed by atoms with Gasteiger partial charge in [0, 0.05) is 27.8 Å². The van der Waals surface area contributed by atoms with Crippen LogP contribution in [0.5, 0.6) is 0 Å². The molecule has 1 saturated heterocycles. The second-order valence-electron chi connectivity index (χ2n) is 4.62. The summed E-state index contributed by atoms with van der Waals surface area (Å²) in [6, 6.07) is 2.01. The number of thiophene rings is 1. The van der Waals surface area contributed by atoms with Crippen LogP contribution in [0.4, 0.5) is 0 Å². The summed E-state index contributed by atoms with van der Waals surface area (Å²) in [7, 11) is 0. The van der Waals surface area contributed by atoms with Gasteiger partial charge in [0.05, 0.1) is 0 Å². The van der Waals surface area contributed by atoms with Crippen LogP contribution in [-0.2, 0) is 0 Å². The van der Waals surface area contributed by atoms with Gasteiger partial charge >= 0.3 is 0 Å². The number of piperidine rings is 1. The van der Waals surface area contributed by atoms with Crippen molar-refractivity contribution in [2.75, 3.05) is 13.1 Å². The molecule has 15 heavy (non-hydrogen) atoms. The largest absolute Gasteiger partial charge is 0.316 e. The SMILES string of the molecule is Cc1cc(C(=O)C2(C)CCCNC2)cs1. The maximum Gasteiger partial charge on any atom is 0.170 e. The Bertz CT molecular complexity index is 363. The minimum atomic E-state index is -0.189. The summed E-state index contributed by atoms with van der Waals surface area (Å²) in [5, 5.41) is 5.30. The van der Waals surface area contributed by atoms with Gasteiger partial charge in [-0.25, -0.2) is 0 Å². The molecule has 1 aliphatic heterocycles. The van der Waals surface area contributed by atoms with E-state index in [2.05, 4.69) is 12.2 Å². The van der Waals surface area contributed by atoms with Crippen LogP contribution in [0, 0.1) is 12.3 Å². The predicted octanol–water partition coefficient (Wildman–Crippen LogP) is 2.63. The van der Waals surface area contributed by atoms with Gasteiger partial charge in [-0.15, -0.1) is 11.3 Å². The number of Topliss-reactive ketones (excluding diaryl/α,β-unsaturated/α-hetero) is 1. The van der Waals surface area contributed by atoms with Crippen molar-refractivity contribution < 1.29 is 4.79 Å². The topological polar surface area (TPSA) is 29.1 Å². The third-order valence-corrected chi connectivity index (χ3v) is 4.00. The zero-order valence-corrected chi connectivity index (χ0v) is 10.1. The highest BCUT2D eigenvalue weighted by Crippen LogP contribution is 2.31. The van der Waals surface area contributed by atoms with E-state index >= 15 is 0 Å². The number of carbonyl (C=O) groups excluding carboxylic acids is 1. The highest BCUT2D eigenvalue weighted by molar-refractivity contribution is 7.10. The first-order valence-corrected chi connectivity index (χ1v) is 6.30. The van der Waals surface area contributed by atoms with Gasteiger partial charge in [0.15, 0.2) is 5.78 Å². The van der Waals surface area contributed by atoms with Crippen LogP contribution in [0.15, 0.2) is 11.4 Å². The number of aryl methyl sites for hydroxylation is 1. The molecule has 1 N–H and O–H groups in total. The van der Waals surface area contributed by atoms with E-state index < -0.39 is 0 Å². The third-order valence-electron chi connectivity index (χ3n) is 3.14. The quantitative estimate of drug-likeness (QED) is 0.781. The Balaban J connectivity index is 2.19. The lowest BCUT2D eigenvalue weighted by Gasteiger charge is -2.32. The molecule has 3 heteroatoms. The molecule has 0 saturated carbocycles. The van der Waals surface area contributed by atoms with E-state index in [1.54, 1.807) is 11.3 Å². The van der Waals surface area contributed by atoms with Gasteiger partial charge in [0.1, 0.15) is 0 Å². The van der Waals surface area contributed by atoms with Crippen LogP contribution in [-0.4, -0.2) is 18.9 Å². The first-order chi connectivity index (χ1) is 7.12. The standard InChI is InChI=1S/C12H17NOS/c1-9-6-10(7-15-9)11(14)12(2)4-3-5-13-8-12/h6-7,13H,3-5,8H2,1-2H3. The van der Waals surface area contributed by atoms with Crippen molar-refractivity contribution in [2.24, 2.45) is 5.41 Å². The lowest BCUT2D eigenvalue weighted by Crippen LogP contribution is -2.43. The zero-order chi connectivity index (χ0) is 10.9. The van der Waals surface area contributed by atoms with Crippen LogP contribution in [0.25, 0.3) is 0 Å². The van der Waals surface area contributed by atoms with Crippen molar-refractivity contribution in [2.45, 2.75) is 26.7 Å². The summed E-state index contributed by atoms with van der Waals surface area (Å²) in [4.78, 5) is 13.5. The van der Waals surface area contributed by atoms with Crippen molar-refractivity contribution in [3.05, 3.63) is 21.9 Å². The van der Waals surface area contributed by atoms with Gasteiger partial charge in [-0.3, -0.25) is 4.79 Å². The van der Waals surface area contributed by atoms with E-state index in [1.165, 1.54) is 4.88 Å². The Hall–Kier alpha value is -0.670. The Kier molecular flexibility index (Phi) is 2.94. The number of carbonyl (C=O) groups is 1. The van der Waals surface area contributed by atoms with Crippen LogP contribution >= 0.6 is 11.3 Å². The van der Waals surface area contributed by atoms with E-state index in [1.807, 2.05) is 18.4 Å². The van der Waals surface area contributed by atoms with Crippen LogP contribution in [0.3, 0.4) is 0 Å². The molecular weight excluding hydrogens is 206 g/mol. The fourth-order valence-electron chi connectivity index (χ4n) is 2.16. The van der Waals surface area contributed by atoms with Gasteiger partial charge < -0.3 is 5.32 Å². The summed E-state index contributed by atoms with van der Waals surface area (Å²) in [5.41, 5.74) is 0.704. The molecule has 1 aromatic rings. The summed E-state index contributed by atoms with van der Waals surface area (Å²) in [6.45, 7) is 5.99. The predicted molar refractivity (Wildman–Crippen MR) is 63.6 cm³/mol. The molecule has 1 fully saturated rings. The van der Waals surface area contributed by atoms with E-state index in [9.17, 15) is 4.79 Å². The van der Waals surface area contributed by atoms with Crippen LogP contribution in [0.2, 0.25) is 0 Å². The van der Waals surface area contributed by atoms with Gasteiger partial charge in [-0.1, -0.05) is 6.92 Å². The molecule has 0 aromatic carbocycles. The van der Waals surface area contributed by atoms with Crippen molar-refractivity contribution in [3.63, 3.8) is 0 Å². The van der Waals surface area contributed by atoms with Gasteiger partial charge in [-0.2, -0.15) is 0 Å². The summed E-state index contributed by atoms with van der Waals surface area (Å²) in [6.07, 6.45) is 2.11. The van der Waals surface area contributed by atoms with Gasteiger partial charge in [-0.05, 0) is 32.4 Å². The lowest BCUT2D eigenvalue weighted by atomic mass is 9.77. The fraction of sp³-hybridized carbons (Fsp3) is 0.583. The Morgan fingerprint density at radius 3 is 2.93 bits per heavy atom. The maximum absolute atomic E-state index is 12.3. The van der Waals surface area contributed by atoms with E-state index in [0.29, 0.717) is 5.78 Å². The van der Waals surface area contributed by atoms with Crippen molar-refractivity contribution in [1.82, 2.24) is 5.32 Å². The van der Waals surface area contributed by atoms with Gasteiger partial charge in [0.2, 0.25) is 0 Å². The average Bonchev–Trinajstić information content (AvgIpc) is 2.65. The summed E-state index contributed by atoms with van der Waals surface area (Å²) < 4.78 is 0. The molecule has 82 valence electrons. The fourth-order valence-corrected chi connectivity index (χ4v) is 2.84. The second-order valence-corrected chi connectivity index (χ2v) is 5.73. The molecule has 2 nitrogen and oxygen atoms in total. The van der Waals surface area contributed by atoms with Crippen LogP contribution in [0.1, 0.15) is 35.0 Å². The molecule has 0 amide bonds. The molecule has 1 aromatic heterocycles. The summed E-state index contributed by atoms with van der Waals surface area (Å²) in [5.74, 6) is 0.305. The smallest absolute Gasteiger partial charge is 0.170 e. The van der Waals surface area contributed by atoms with Gasteiger partial charge in [0.25, 0.3) is 0 Å². The minimum absolute atomic E-state index is 0.189. The highest BCUT2D eigenvalue weighted by Gasteiger charge is 2.35. The number of nitrogens with one attached hydrogen (secondary N) is 1. The van der Waals surface area contributed by atoms with Crippen molar-refractivity contribution in [1.29, 1.82) is 0 Å².